The third kappa shape index (κ3) is 1.18. The maximum Gasteiger partial charge on any atom is 0.231 e. The quantitative estimate of drug-likeness (QED) is 0.706. The van der Waals surface area contributed by atoms with Gasteiger partial charge in [-0.15, -0.1) is 0 Å². The molecule has 0 atom stereocenters. The van der Waals surface area contributed by atoms with E-state index < -0.39 is 0 Å². The van der Waals surface area contributed by atoms with E-state index in [9.17, 15) is 0 Å². The number of rotatable bonds is 1. The lowest BCUT2D eigenvalue weighted by molar-refractivity contribution is 0.543. The van der Waals surface area contributed by atoms with Crippen LogP contribution in [0.25, 0.3) is 11.5 Å². The van der Waals surface area contributed by atoms with Gasteiger partial charge in [0.25, 0.3) is 0 Å². The molecule has 0 aliphatic carbocycles. The number of nitrogens with zero attached hydrogens (tertiary/aromatic N) is 3. The molecule has 0 spiro atoms. The second-order valence-electron chi connectivity index (χ2n) is 2.84. The zero-order valence-electron chi connectivity index (χ0n) is 7.48. The first-order valence-corrected chi connectivity index (χ1v) is 3.89. The second kappa shape index (κ2) is 2.62. The van der Waals surface area contributed by atoms with E-state index in [1.54, 1.807) is 24.1 Å². The predicted molar refractivity (Wildman–Crippen MR) is 47.9 cm³/mol. The number of hydrogen-bond acceptors (Lipinski definition) is 4. The Balaban J connectivity index is 2.52. The topological polar surface area (TPSA) is 69.9 Å². The van der Waals surface area contributed by atoms with Gasteiger partial charge in [-0.2, -0.15) is 5.10 Å². The molecule has 2 rings (SSSR count). The van der Waals surface area contributed by atoms with E-state index in [1.807, 2.05) is 6.92 Å². The Hall–Kier alpha value is -1.78. The van der Waals surface area contributed by atoms with Crippen LogP contribution in [0.3, 0.4) is 0 Å². The van der Waals surface area contributed by atoms with E-state index >= 15 is 0 Å². The summed E-state index contributed by atoms with van der Waals surface area (Å²) in [4.78, 5) is 4.06. The molecule has 0 aromatic carbocycles. The number of hydrogen-bond donors (Lipinski definition) is 1. The van der Waals surface area contributed by atoms with Crippen molar-refractivity contribution in [2.24, 2.45) is 7.05 Å². The average molecular weight is 178 g/mol. The third-order valence-corrected chi connectivity index (χ3v) is 1.84. The summed E-state index contributed by atoms with van der Waals surface area (Å²) in [5.74, 6) is 1.84. The number of nitrogens with two attached hydrogens (primary N) is 1. The molecule has 2 heterocycles. The lowest BCUT2D eigenvalue weighted by atomic mass is 10.3. The summed E-state index contributed by atoms with van der Waals surface area (Å²) in [5, 5.41) is 3.99. The van der Waals surface area contributed by atoms with Gasteiger partial charge in [-0.05, 0) is 6.92 Å². The highest BCUT2D eigenvalue weighted by Gasteiger charge is 2.11. The SMILES string of the molecule is Cc1cnc(-c2cnn(C)c2N)o1. The molecule has 0 saturated heterocycles. The highest BCUT2D eigenvalue weighted by Crippen LogP contribution is 2.23. The lowest BCUT2D eigenvalue weighted by Gasteiger charge is -1.94. The van der Waals surface area contributed by atoms with Crippen molar-refractivity contribution in [1.29, 1.82) is 0 Å². The fourth-order valence-corrected chi connectivity index (χ4v) is 1.09. The standard InChI is InChI=1S/C8H10N4O/c1-5-3-10-8(13-5)6-4-11-12(2)7(6)9/h3-4H,9H2,1-2H3. The van der Waals surface area contributed by atoms with Crippen LogP contribution in [0.4, 0.5) is 5.82 Å². The second-order valence-corrected chi connectivity index (χ2v) is 2.84. The van der Waals surface area contributed by atoms with E-state index in [-0.39, 0.29) is 0 Å². The molecule has 13 heavy (non-hydrogen) atoms. The van der Waals surface area contributed by atoms with Crippen LogP contribution in [-0.4, -0.2) is 14.8 Å². The van der Waals surface area contributed by atoms with Gasteiger partial charge >= 0.3 is 0 Å². The van der Waals surface area contributed by atoms with Crippen LogP contribution >= 0.6 is 0 Å². The first-order valence-electron chi connectivity index (χ1n) is 3.89. The highest BCUT2D eigenvalue weighted by molar-refractivity contribution is 5.66. The molecule has 0 saturated carbocycles. The minimum atomic E-state index is 0.517. The molecule has 0 radical (unpaired) electrons. The number of anilines is 1. The Bertz CT molecular complexity index is 429. The first-order chi connectivity index (χ1) is 6.18. The molecule has 2 N–H and O–H groups in total. The molecular weight excluding hydrogens is 168 g/mol. The van der Waals surface area contributed by atoms with Crippen molar-refractivity contribution in [3.8, 4) is 11.5 Å². The van der Waals surface area contributed by atoms with Crippen molar-refractivity contribution in [2.45, 2.75) is 6.92 Å². The Morgan fingerprint density at radius 3 is 2.69 bits per heavy atom. The molecule has 0 amide bonds. The van der Waals surface area contributed by atoms with Crippen LogP contribution in [0.1, 0.15) is 5.76 Å². The molecule has 0 fully saturated rings. The van der Waals surface area contributed by atoms with Crippen LogP contribution in [0.5, 0.6) is 0 Å². The predicted octanol–water partition coefficient (Wildman–Crippen LogP) is 0.966. The van der Waals surface area contributed by atoms with Crippen molar-refractivity contribution in [3.63, 3.8) is 0 Å². The van der Waals surface area contributed by atoms with Gasteiger partial charge in [0.05, 0.1) is 18.0 Å². The van der Waals surface area contributed by atoms with E-state index in [1.165, 1.54) is 0 Å². The molecule has 68 valence electrons. The number of nitrogen functional groups attached to an aromatic ring is 1. The van der Waals surface area contributed by atoms with Crippen molar-refractivity contribution in [2.75, 3.05) is 5.73 Å². The monoisotopic (exact) mass is 178 g/mol. The van der Waals surface area contributed by atoms with Crippen LogP contribution in [0, 0.1) is 6.92 Å². The molecule has 0 aliphatic rings. The minimum Gasteiger partial charge on any atom is -0.441 e. The molecule has 0 unspecified atom stereocenters. The van der Waals surface area contributed by atoms with E-state index in [2.05, 4.69) is 10.1 Å². The summed E-state index contributed by atoms with van der Waals surface area (Å²) >= 11 is 0. The fraction of sp³-hybridized carbons (Fsp3) is 0.250. The summed E-state index contributed by atoms with van der Waals surface area (Å²) in [6.07, 6.45) is 3.29. The summed E-state index contributed by atoms with van der Waals surface area (Å²) in [6, 6.07) is 0. The van der Waals surface area contributed by atoms with Gasteiger partial charge in [0.1, 0.15) is 11.6 Å². The van der Waals surface area contributed by atoms with Gasteiger partial charge in [-0.25, -0.2) is 4.98 Å². The Kier molecular flexibility index (Phi) is 1.58. The number of oxazole rings is 1. The maximum absolute atomic E-state index is 5.74. The van der Waals surface area contributed by atoms with Crippen molar-refractivity contribution in [1.82, 2.24) is 14.8 Å². The number of aromatic nitrogens is 3. The zero-order chi connectivity index (χ0) is 9.42. The largest absolute Gasteiger partial charge is 0.441 e. The van der Waals surface area contributed by atoms with Crippen LogP contribution in [-0.2, 0) is 7.05 Å². The minimum absolute atomic E-state index is 0.517. The summed E-state index contributed by atoms with van der Waals surface area (Å²) in [7, 11) is 1.77. The van der Waals surface area contributed by atoms with Gasteiger partial charge in [0, 0.05) is 7.05 Å². The van der Waals surface area contributed by atoms with Crippen molar-refractivity contribution < 1.29 is 4.42 Å². The summed E-state index contributed by atoms with van der Waals surface area (Å²) in [6.45, 7) is 1.84. The van der Waals surface area contributed by atoms with Crippen molar-refractivity contribution >= 4 is 5.82 Å². The molecule has 2 aromatic rings. The Morgan fingerprint density at radius 2 is 2.23 bits per heavy atom. The van der Waals surface area contributed by atoms with Gasteiger partial charge in [0.15, 0.2) is 0 Å². The molecule has 0 bridgehead atoms. The third-order valence-electron chi connectivity index (χ3n) is 1.84. The van der Waals surface area contributed by atoms with E-state index in [0.717, 1.165) is 11.3 Å². The molecule has 0 aliphatic heterocycles. The maximum atomic E-state index is 5.74. The molecular formula is C8H10N4O. The fourth-order valence-electron chi connectivity index (χ4n) is 1.09. The van der Waals surface area contributed by atoms with Gasteiger partial charge in [-0.3, -0.25) is 4.68 Å². The molecule has 5 nitrogen and oxygen atoms in total. The van der Waals surface area contributed by atoms with Crippen LogP contribution in [0.15, 0.2) is 16.8 Å². The van der Waals surface area contributed by atoms with Gasteiger partial charge < -0.3 is 10.2 Å². The van der Waals surface area contributed by atoms with Crippen LogP contribution < -0.4 is 5.73 Å². The normalized spacial score (nSPS) is 10.6. The number of aryl methyl sites for hydroxylation is 2. The Morgan fingerprint density at radius 1 is 1.46 bits per heavy atom. The van der Waals surface area contributed by atoms with E-state index in [4.69, 9.17) is 10.2 Å². The van der Waals surface area contributed by atoms with Crippen LogP contribution in [0.2, 0.25) is 0 Å². The lowest BCUT2D eigenvalue weighted by Crippen LogP contribution is -1.97. The average Bonchev–Trinajstić information content (AvgIpc) is 2.62. The smallest absolute Gasteiger partial charge is 0.231 e. The van der Waals surface area contributed by atoms with E-state index in [0.29, 0.717) is 11.7 Å². The summed E-state index contributed by atoms with van der Waals surface area (Å²) in [5.41, 5.74) is 6.48. The molecule has 2 aromatic heterocycles. The summed E-state index contributed by atoms with van der Waals surface area (Å²) < 4.78 is 6.90. The molecule has 5 heteroatoms. The van der Waals surface area contributed by atoms with Crippen molar-refractivity contribution in [3.05, 3.63) is 18.2 Å². The van der Waals surface area contributed by atoms with Gasteiger partial charge in [0.2, 0.25) is 5.89 Å². The highest BCUT2D eigenvalue weighted by atomic mass is 16.4. The van der Waals surface area contributed by atoms with Gasteiger partial charge in [-0.1, -0.05) is 0 Å². The first kappa shape index (κ1) is 7.85. The zero-order valence-corrected chi connectivity index (χ0v) is 7.48. The Labute approximate surface area is 75.2 Å².